The van der Waals surface area contributed by atoms with Crippen LogP contribution in [0, 0.1) is 24.7 Å². The smallest absolute Gasteiger partial charge is 0.238 e. The third kappa shape index (κ3) is 5.02. The van der Waals surface area contributed by atoms with E-state index in [2.05, 4.69) is 10.2 Å². The summed E-state index contributed by atoms with van der Waals surface area (Å²) in [6, 6.07) is 19.7. The predicted molar refractivity (Wildman–Crippen MR) is 178 cm³/mol. The minimum atomic E-state index is -0.670. The zero-order valence-electron chi connectivity index (χ0n) is 26.6. The van der Waals surface area contributed by atoms with E-state index in [4.69, 9.17) is 0 Å². The maximum Gasteiger partial charge on any atom is 0.238 e. The van der Waals surface area contributed by atoms with Gasteiger partial charge in [-0.15, -0.1) is 0 Å². The van der Waals surface area contributed by atoms with Crippen molar-refractivity contribution in [3.63, 3.8) is 0 Å². The first kappa shape index (κ1) is 30.2. The summed E-state index contributed by atoms with van der Waals surface area (Å²) in [5, 5.41) is 18.9. The van der Waals surface area contributed by atoms with Crippen molar-refractivity contribution >= 4 is 46.1 Å². The van der Waals surface area contributed by atoms with Crippen molar-refractivity contribution in [1.82, 2.24) is 0 Å². The average Bonchev–Trinajstić information content (AvgIpc) is 3.32. The molecule has 9 nitrogen and oxygen atoms in total. The second-order valence-electron chi connectivity index (χ2n) is 12.9. The van der Waals surface area contributed by atoms with Crippen molar-refractivity contribution in [1.29, 1.82) is 0 Å². The molecule has 1 saturated heterocycles. The van der Waals surface area contributed by atoms with Crippen LogP contribution in [0.4, 0.5) is 22.7 Å². The summed E-state index contributed by atoms with van der Waals surface area (Å²) in [4.78, 5) is 58.2. The van der Waals surface area contributed by atoms with Crippen LogP contribution in [-0.4, -0.2) is 42.6 Å². The fourth-order valence-electron chi connectivity index (χ4n) is 7.45. The molecular formula is C38H34N4O5. The summed E-state index contributed by atoms with van der Waals surface area (Å²) in [6.45, 7) is 3.43. The van der Waals surface area contributed by atoms with E-state index in [0.29, 0.717) is 45.8 Å². The van der Waals surface area contributed by atoms with E-state index in [1.54, 1.807) is 50.2 Å². The Kier molecular flexibility index (Phi) is 7.34. The molecule has 3 aliphatic carbocycles. The van der Waals surface area contributed by atoms with Gasteiger partial charge in [0.1, 0.15) is 5.75 Å². The van der Waals surface area contributed by atoms with E-state index < -0.39 is 23.7 Å². The number of aryl methyl sites for hydroxylation is 1. The molecule has 1 N–H and O–H groups in total. The highest BCUT2D eigenvalue weighted by atomic mass is 16.3. The molecule has 4 atom stereocenters. The molecule has 4 unspecified atom stereocenters. The van der Waals surface area contributed by atoms with Crippen molar-refractivity contribution in [2.75, 3.05) is 23.9 Å². The van der Waals surface area contributed by atoms with Crippen LogP contribution in [0.25, 0.3) is 0 Å². The fourth-order valence-corrected chi connectivity index (χ4v) is 7.45. The molecule has 7 rings (SSSR count). The standard InChI is InChI=1S/C38H34N4O5/c1-20-17-22(5-16-31(20)43)33-27-14-15-28-34(29(27)19-30-32(44)18-21(2)36(45)35(30)33)38(47)42(37(28)46)26-12-8-24(9-13-26)40-39-23-6-10-25(11-7-23)41(3)4/h5-14,16-18,28-29,33-34,43H,15,19H2,1-4H3. The zero-order chi connectivity index (χ0) is 33.1. The van der Waals surface area contributed by atoms with Crippen LogP contribution in [0.15, 0.2) is 111 Å². The molecule has 4 aliphatic rings. The first-order valence-electron chi connectivity index (χ1n) is 15.7. The van der Waals surface area contributed by atoms with Crippen LogP contribution in [0.5, 0.6) is 5.75 Å². The Morgan fingerprint density at radius 3 is 2.13 bits per heavy atom. The van der Waals surface area contributed by atoms with Crippen LogP contribution in [-0.2, 0) is 19.2 Å². The van der Waals surface area contributed by atoms with Crippen molar-refractivity contribution in [2.45, 2.75) is 32.6 Å². The molecule has 0 aromatic heterocycles. The van der Waals surface area contributed by atoms with E-state index in [1.807, 2.05) is 55.4 Å². The minimum absolute atomic E-state index is 0.133. The number of carbonyl (C=O) groups is 4. The van der Waals surface area contributed by atoms with Crippen molar-refractivity contribution in [2.24, 2.45) is 28.0 Å². The second kappa shape index (κ2) is 11.4. The third-order valence-electron chi connectivity index (χ3n) is 9.87. The van der Waals surface area contributed by atoms with Gasteiger partial charge in [0.2, 0.25) is 11.8 Å². The van der Waals surface area contributed by atoms with Crippen molar-refractivity contribution < 1.29 is 24.3 Å². The first-order chi connectivity index (χ1) is 22.5. The molecule has 3 aromatic carbocycles. The molecule has 0 spiro atoms. The Balaban J connectivity index is 1.19. The van der Waals surface area contributed by atoms with Gasteiger partial charge < -0.3 is 10.0 Å². The topological polar surface area (TPSA) is 120 Å². The first-order valence-corrected chi connectivity index (χ1v) is 15.7. The van der Waals surface area contributed by atoms with Crippen molar-refractivity contribution in [3.05, 3.63) is 112 Å². The Bertz CT molecular complexity index is 1980. The number of nitrogens with zero attached hydrogens (tertiary/aromatic N) is 4. The average molecular weight is 627 g/mol. The van der Waals surface area contributed by atoms with Gasteiger partial charge in [0, 0.05) is 42.4 Å². The van der Waals surface area contributed by atoms with Crippen LogP contribution >= 0.6 is 0 Å². The highest BCUT2D eigenvalue weighted by Crippen LogP contribution is 2.55. The number of carbonyl (C=O) groups excluding carboxylic acids is 4. The number of hydrogen-bond donors (Lipinski definition) is 1. The van der Waals surface area contributed by atoms with Crippen LogP contribution in [0.3, 0.4) is 0 Å². The Morgan fingerprint density at radius 1 is 0.830 bits per heavy atom. The van der Waals surface area contributed by atoms with Gasteiger partial charge in [-0.2, -0.15) is 10.2 Å². The van der Waals surface area contributed by atoms with E-state index >= 15 is 0 Å². The van der Waals surface area contributed by atoms with Gasteiger partial charge >= 0.3 is 0 Å². The Labute approximate surface area is 272 Å². The highest BCUT2D eigenvalue weighted by molar-refractivity contribution is 6.25. The molecule has 1 heterocycles. The van der Waals surface area contributed by atoms with Gasteiger partial charge in [0.05, 0.1) is 28.9 Å². The SMILES string of the molecule is CC1=CC(=O)C2=C(C1=O)C(c1ccc(O)c(C)c1)C1=CCC3C(=O)N(c4ccc(N=Nc5ccc(N(C)C)cc5)cc4)C(=O)C3C1C2. The number of anilines is 2. The van der Waals surface area contributed by atoms with Crippen LogP contribution in [0.2, 0.25) is 0 Å². The number of rotatable bonds is 5. The summed E-state index contributed by atoms with van der Waals surface area (Å²) < 4.78 is 0. The number of imide groups is 1. The lowest BCUT2D eigenvalue weighted by Crippen LogP contribution is -2.39. The normalized spacial score (nSPS) is 23.9. The molecule has 47 heavy (non-hydrogen) atoms. The predicted octanol–water partition coefficient (Wildman–Crippen LogP) is 6.82. The molecule has 236 valence electrons. The lowest BCUT2D eigenvalue weighted by molar-refractivity contribution is -0.123. The summed E-state index contributed by atoms with van der Waals surface area (Å²) in [5.74, 6) is -3.09. The molecule has 0 bridgehead atoms. The van der Waals surface area contributed by atoms with Gasteiger partial charge in [0.25, 0.3) is 0 Å². The van der Waals surface area contributed by atoms with E-state index in [9.17, 15) is 24.3 Å². The third-order valence-corrected chi connectivity index (χ3v) is 9.87. The molecule has 1 fully saturated rings. The zero-order valence-corrected chi connectivity index (χ0v) is 26.6. The summed E-state index contributed by atoms with van der Waals surface area (Å²) >= 11 is 0. The largest absolute Gasteiger partial charge is 0.508 e. The van der Waals surface area contributed by atoms with Crippen molar-refractivity contribution in [3.8, 4) is 5.75 Å². The number of Topliss-reactive ketones (excluding diaryl/α,β-unsaturated/α-hetero) is 1. The van der Waals surface area contributed by atoms with Gasteiger partial charge in [-0.3, -0.25) is 24.1 Å². The molecule has 0 saturated carbocycles. The maximum absolute atomic E-state index is 14.2. The summed E-state index contributed by atoms with van der Waals surface area (Å²) in [6.07, 6.45) is 3.94. The molecular weight excluding hydrogens is 592 g/mol. The summed E-state index contributed by atoms with van der Waals surface area (Å²) in [7, 11) is 3.93. The number of fused-ring (bicyclic) bond motifs is 3. The lowest BCUT2D eigenvalue weighted by atomic mass is 9.59. The number of hydrogen-bond acceptors (Lipinski definition) is 8. The van der Waals surface area contributed by atoms with Gasteiger partial charge in [0.15, 0.2) is 11.6 Å². The Hall–Kier alpha value is -5.44. The van der Waals surface area contributed by atoms with Gasteiger partial charge in [-0.05, 0) is 104 Å². The number of phenols is 1. The molecule has 1 aliphatic heterocycles. The molecule has 0 radical (unpaired) electrons. The van der Waals surface area contributed by atoms with Crippen LogP contribution in [0.1, 0.15) is 36.8 Å². The van der Waals surface area contributed by atoms with E-state index in [-0.39, 0.29) is 35.6 Å². The fraction of sp³-hybridized carbons (Fsp3) is 0.263. The number of phenolic OH excluding ortho intramolecular Hbond substituents is 1. The quantitative estimate of drug-likeness (QED) is 0.144. The minimum Gasteiger partial charge on any atom is -0.508 e. The second-order valence-corrected chi connectivity index (χ2v) is 12.9. The maximum atomic E-state index is 14.2. The number of ketones is 2. The molecule has 9 heteroatoms. The number of aromatic hydroxyl groups is 1. The van der Waals surface area contributed by atoms with Gasteiger partial charge in [-0.25, -0.2) is 0 Å². The Morgan fingerprint density at radius 2 is 1.49 bits per heavy atom. The van der Waals surface area contributed by atoms with E-state index in [0.717, 1.165) is 16.8 Å². The summed E-state index contributed by atoms with van der Waals surface area (Å²) in [5.41, 5.74) is 6.30. The van der Waals surface area contributed by atoms with Crippen LogP contribution < -0.4 is 9.80 Å². The number of amides is 2. The number of benzene rings is 3. The molecule has 3 aromatic rings. The van der Waals surface area contributed by atoms with E-state index in [1.165, 1.54) is 11.0 Å². The highest BCUT2D eigenvalue weighted by Gasteiger charge is 2.56. The lowest BCUT2D eigenvalue weighted by Gasteiger charge is -2.42. The number of allylic oxidation sites excluding steroid dienone is 6. The van der Waals surface area contributed by atoms with Gasteiger partial charge in [-0.1, -0.05) is 23.8 Å². The number of azo groups is 1. The molecule has 2 amide bonds. The monoisotopic (exact) mass is 626 g/mol.